The summed E-state index contributed by atoms with van der Waals surface area (Å²) in [6.45, 7) is 0.627. The second kappa shape index (κ2) is 8.01. The van der Waals surface area contributed by atoms with Gasteiger partial charge in [-0.15, -0.1) is 0 Å². The Morgan fingerprint density at radius 2 is 1.88 bits per heavy atom. The average Bonchev–Trinajstić information content (AvgIpc) is 2.97. The molecule has 26 heavy (non-hydrogen) atoms. The number of rotatable bonds is 6. The van der Waals surface area contributed by atoms with Gasteiger partial charge in [0.2, 0.25) is 0 Å². The summed E-state index contributed by atoms with van der Waals surface area (Å²) in [6, 6.07) is 12.9. The van der Waals surface area contributed by atoms with Crippen LogP contribution in [0.1, 0.15) is 21.6 Å². The third-order valence-corrected chi connectivity index (χ3v) is 4.18. The maximum Gasteiger partial charge on any atom is 0.251 e. The summed E-state index contributed by atoms with van der Waals surface area (Å²) in [7, 11) is 1.77. The highest BCUT2D eigenvalue weighted by Gasteiger charge is 2.10. The molecule has 0 saturated carbocycles. The fourth-order valence-corrected chi connectivity index (χ4v) is 2.58. The van der Waals surface area contributed by atoms with E-state index in [0.717, 1.165) is 11.3 Å². The van der Waals surface area contributed by atoms with E-state index in [-0.39, 0.29) is 11.7 Å². The van der Waals surface area contributed by atoms with Gasteiger partial charge in [-0.05, 0) is 42.0 Å². The molecule has 1 amide bonds. The number of nitrogens with zero attached hydrogens (tertiary/aromatic N) is 2. The van der Waals surface area contributed by atoms with Crippen molar-refractivity contribution in [1.82, 2.24) is 15.1 Å². The lowest BCUT2D eigenvalue weighted by atomic mass is 10.1. The zero-order valence-corrected chi connectivity index (χ0v) is 14.8. The Balaban J connectivity index is 1.55. The van der Waals surface area contributed by atoms with Gasteiger partial charge in [0.25, 0.3) is 5.91 Å². The molecular weight excluding hydrogens is 357 g/mol. The molecule has 0 aliphatic rings. The largest absolute Gasteiger partial charge is 0.489 e. The Morgan fingerprint density at radius 1 is 1.19 bits per heavy atom. The molecule has 1 N–H and O–H groups in total. The monoisotopic (exact) mass is 373 g/mol. The van der Waals surface area contributed by atoms with Crippen molar-refractivity contribution in [3.63, 3.8) is 0 Å². The van der Waals surface area contributed by atoms with Crippen LogP contribution in [0.2, 0.25) is 5.02 Å². The van der Waals surface area contributed by atoms with E-state index >= 15 is 0 Å². The maximum absolute atomic E-state index is 12.9. The number of aromatic nitrogens is 2. The second-order valence-corrected chi connectivity index (χ2v) is 6.09. The molecule has 0 unspecified atom stereocenters. The quantitative estimate of drug-likeness (QED) is 0.716. The summed E-state index contributed by atoms with van der Waals surface area (Å²) in [5, 5.41) is 7.36. The van der Waals surface area contributed by atoms with Crippen LogP contribution in [0.5, 0.6) is 5.75 Å². The van der Waals surface area contributed by atoms with E-state index in [1.807, 2.05) is 12.1 Å². The summed E-state index contributed by atoms with van der Waals surface area (Å²) in [4.78, 5) is 12.2. The number of nitrogens with one attached hydrogen (secondary N) is 1. The number of carbonyl (C=O) groups excluding carboxylic acids is 1. The lowest BCUT2D eigenvalue weighted by molar-refractivity contribution is 0.0950. The molecule has 134 valence electrons. The molecule has 0 bridgehead atoms. The lowest BCUT2D eigenvalue weighted by Gasteiger charge is -2.08. The van der Waals surface area contributed by atoms with Crippen molar-refractivity contribution in [2.45, 2.75) is 13.2 Å². The fraction of sp³-hybridized carbons (Fsp3) is 0.158. The van der Waals surface area contributed by atoms with Crippen molar-refractivity contribution in [2.75, 3.05) is 0 Å². The van der Waals surface area contributed by atoms with Crippen molar-refractivity contribution in [3.8, 4) is 5.75 Å². The molecule has 0 saturated heterocycles. The molecule has 0 atom stereocenters. The normalized spacial score (nSPS) is 10.6. The molecule has 0 radical (unpaired) electrons. The number of halogens is 2. The zero-order valence-electron chi connectivity index (χ0n) is 14.1. The number of benzene rings is 2. The van der Waals surface area contributed by atoms with Crippen molar-refractivity contribution in [2.24, 2.45) is 7.05 Å². The molecule has 7 heteroatoms. The molecule has 5 nitrogen and oxygen atoms in total. The average molecular weight is 374 g/mol. The number of carbonyl (C=O) groups is 1. The topological polar surface area (TPSA) is 56.2 Å². The molecule has 3 aromatic rings. The molecule has 2 aromatic carbocycles. The van der Waals surface area contributed by atoms with Crippen LogP contribution in [0.4, 0.5) is 4.39 Å². The summed E-state index contributed by atoms with van der Waals surface area (Å²) >= 11 is 6.02. The fourth-order valence-electron chi connectivity index (χ4n) is 2.35. The van der Waals surface area contributed by atoms with Crippen molar-refractivity contribution >= 4 is 17.5 Å². The number of hydrogen-bond acceptors (Lipinski definition) is 3. The van der Waals surface area contributed by atoms with E-state index in [0.29, 0.717) is 29.5 Å². The van der Waals surface area contributed by atoms with Crippen LogP contribution in [-0.4, -0.2) is 15.7 Å². The molecular formula is C19H17ClFN3O2. The molecule has 0 aliphatic carbocycles. The first kappa shape index (κ1) is 17.9. The minimum atomic E-state index is -0.305. The zero-order chi connectivity index (χ0) is 18.5. The van der Waals surface area contributed by atoms with Gasteiger partial charge in [0.15, 0.2) is 0 Å². The van der Waals surface area contributed by atoms with Crippen LogP contribution >= 0.6 is 11.6 Å². The molecule has 0 fully saturated rings. The van der Waals surface area contributed by atoms with E-state index in [4.69, 9.17) is 16.3 Å². The molecule has 1 aromatic heterocycles. The van der Waals surface area contributed by atoms with E-state index in [1.54, 1.807) is 42.2 Å². The van der Waals surface area contributed by atoms with Gasteiger partial charge in [0, 0.05) is 12.6 Å². The Bertz CT molecular complexity index is 873. The van der Waals surface area contributed by atoms with Crippen molar-refractivity contribution < 1.29 is 13.9 Å². The number of amides is 1. The van der Waals surface area contributed by atoms with Gasteiger partial charge in [-0.2, -0.15) is 5.10 Å². The van der Waals surface area contributed by atoms with Crippen molar-refractivity contribution in [3.05, 3.63) is 82.4 Å². The number of ether oxygens (including phenoxy) is 1. The van der Waals surface area contributed by atoms with Crippen LogP contribution in [0, 0.1) is 5.82 Å². The van der Waals surface area contributed by atoms with Gasteiger partial charge in [-0.3, -0.25) is 9.48 Å². The van der Waals surface area contributed by atoms with Crippen LogP contribution in [-0.2, 0) is 20.2 Å². The minimum absolute atomic E-state index is 0.201. The summed E-state index contributed by atoms with van der Waals surface area (Å²) in [5.74, 6) is 0.0784. The predicted octanol–water partition coefficient (Wildman–Crippen LogP) is 3.72. The van der Waals surface area contributed by atoms with Gasteiger partial charge in [-0.25, -0.2) is 4.39 Å². The SMILES string of the molecule is Cn1ncc(Cl)c1CNC(=O)c1ccc(COc2ccc(F)cc2)cc1. The van der Waals surface area contributed by atoms with E-state index < -0.39 is 0 Å². The van der Waals surface area contributed by atoms with Crippen LogP contribution in [0.25, 0.3) is 0 Å². The third-order valence-electron chi connectivity index (χ3n) is 3.86. The van der Waals surface area contributed by atoms with Gasteiger partial charge < -0.3 is 10.1 Å². The van der Waals surface area contributed by atoms with Gasteiger partial charge in [0.05, 0.1) is 23.5 Å². The van der Waals surface area contributed by atoms with Gasteiger partial charge >= 0.3 is 0 Å². The molecule has 0 aliphatic heterocycles. The first-order valence-corrected chi connectivity index (χ1v) is 8.32. The second-order valence-electron chi connectivity index (χ2n) is 5.69. The smallest absolute Gasteiger partial charge is 0.251 e. The minimum Gasteiger partial charge on any atom is -0.489 e. The van der Waals surface area contributed by atoms with Crippen LogP contribution in [0.15, 0.2) is 54.7 Å². The Labute approximate surface area is 155 Å². The van der Waals surface area contributed by atoms with E-state index in [9.17, 15) is 9.18 Å². The molecule has 3 rings (SSSR count). The van der Waals surface area contributed by atoms with E-state index in [2.05, 4.69) is 10.4 Å². The highest BCUT2D eigenvalue weighted by atomic mass is 35.5. The van der Waals surface area contributed by atoms with Gasteiger partial charge in [-0.1, -0.05) is 23.7 Å². The maximum atomic E-state index is 12.9. The Morgan fingerprint density at radius 3 is 2.50 bits per heavy atom. The third kappa shape index (κ3) is 4.40. The Kier molecular flexibility index (Phi) is 5.53. The highest BCUT2D eigenvalue weighted by Crippen LogP contribution is 2.15. The lowest BCUT2D eigenvalue weighted by Crippen LogP contribution is -2.24. The standard InChI is InChI=1S/C19H17ClFN3O2/c1-24-18(17(20)10-23-24)11-22-19(25)14-4-2-13(3-5-14)12-26-16-8-6-15(21)7-9-16/h2-10H,11-12H2,1H3,(H,22,25). The highest BCUT2D eigenvalue weighted by molar-refractivity contribution is 6.31. The number of aryl methyl sites for hydroxylation is 1. The van der Waals surface area contributed by atoms with Gasteiger partial charge in [0.1, 0.15) is 18.2 Å². The molecule has 0 spiro atoms. The van der Waals surface area contributed by atoms with Crippen LogP contribution < -0.4 is 10.1 Å². The summed E-state index contributed by atoms with van der Waals surface area (Å²) < 4.78 is 20.1. The summed E-state index contributed by atoms with van der Waals surface area (Å²) in [6.07, 6.45) is 1.54. The first-order valence-electron chi connectivity index (χ1n) is 7.95. The molecule has 1 heterocycles. The van der Waals surface area contributed by atoms with Crippen LogP contribution in [0.3, 0.4) is 0 Å². The summed E-state index contributed by atoms with van der Waals surface area (Å²) in [5.41, 5.74) is 2.18. The Hall–Kier alpha value is -2.86. The van der Waals surface area contributed by atoms with Crippen molar-refractivity contribution in [1.29, 1.82) is 0 Å². The number of hydrogen-bond donors (Lipinski definition) is 1. The van der Waals surface area contributed by atoms with E-state index in [1.165, 1.54) is 12.1 Å². The first-order chi connectivity index (χ1) is 12.5. The predicted molar refractivity (Wildman–Crippen MR) is 96.6 cm³/mol.